The first-order valence-corrected chi connectivity index (χ1v) is 7.50. The maximum absolute atomic E-state index is 12.5. The highest BCUT2D eigenvalue weighted by Gasteiger charge is 2.55. The number of likely N-dealkylation sites (tertiary alicyclic amines) is 1. The predicted molar refractivity (Wildman–Crippen MR) is 78.5 cm³/mol. The molecule has 1 aliphatic carbocycles. The number of benzene rings is 1. The summed E-state index contributed by atoms with van der Waals surface area (Å²) in [7, 11) is 0. The Hall–Kier alpha value is -1.91. The SMILES string of the molecule is Cc1ccc([C@@H]2CCCN2C(=O)[C@H]2C[C@H]2[N+](=O)[O-])cc1C. The van der Waals surface area contributed by atoms with Crippen LogP contribution in [0.3, 0.4) is 0 Å². The zero-order valence-electron chi connectivity index (χ0n) is 12.4. The summed E-state index contributed by atoms with van der Waals surface area (Å²) in [5, 5.41) is 10.8. The van der Waals surface area contributed by atoms with E-state index in [2.05, 4.69) is 32.0 Å². The van der Waals surface area contributed by atoms with Gasteiger partial charge in [0.05, 0.1) is 6.04 Å². The summed E-state index contributed by atoms with van der Waals surface area (Å²) in [5.41, 5.74) is 3.62. The van der Waals surface area contributed by atoms with Crippen molar-refractivity contribution < 1.29 is 9.72 Å². The van der Waals surface area contributed by atoms with Crippen LogP contribution < -0.4 is 0 Å². The van der Waals surface area contributed by atoms with E-state index in [-0.39, 0.29) is 16.9 Å². The van der Waals surface area contributed by atoms with Crippen LogP contribution in [0.15, 0.2) is 18.2 Å². The van der Waals surface area contributed by atoms with Gasteiger partial charge in [0.1, 0.15) is 5.92 Å². The summed E-state index contributed by atoms with van der Waals surface area (Å²) in [6.07, 6.45) is 2.32. The number of aryl methyl sites for hydroxylation is 2. The second-order valence-electron chi connectivity index (χ2n) is 6.23. The summed E-state index contributed by atoms with van der Waals surface area (Å²) in [6, 6.07) is 5.74. The quantitative estimate of drug-likeness (QED) is 0.634. The van der Waals surface area contributed by atoms with Crippen molar-refractivity contribution in [2.24, 2.45) is 5.92 Å². The Kier molecular flexibility index (Phi) is 3.43. The Morgan fingerprint density at radius 2 is 2.10 bits per heavy atom. The van der Waals surface area contributed by atoms with Crippen LogP contribution in [-0.2, 0) is 4.79 Å². The lowest BCUT2D eigenvalue weighted by molar-refractivity contribution is -0.497. The fraction of sp³-hybridized carbons (Fsp3) is 0.562. The molecule has 5 heteroatoms. The minimum Gasteiger partial charge on any atom is -0.335 e. The van der Waals surface area contributed by atoms with Gasteiger partial charge in [0.2, 0.25) is 11.9 Å². The number of amides is 1. The van der Waals surface area contributed by atoms with Gasteiger partial charge in [-0.15, -0.1) is 0 Å². The van der Waals surface area contributed by atoms with Crippen LogP contribution >= 0.6 is 0 Å². The van der Waals surface area contributed by atoms with Gasteiger partial charge in [-0.1, -0.05) is 18.2 Å². The molecule has 0 radical (unpaired) electrons. The third-order valence-electron chi connectivity index (χ3n) is 4.80. The van der Waals surface area contributed by atoms with Crippen molar-refractivity contribution >= 4 is 5.91 Å². The molecule has 1 amide bonds. The zero-order valence-corrected chi connectivity index (χ0v) is 12.4. The Balaban J connectivity index is 1.78. The molecule has 0 N–H and O–H groups in total. The van der Waals surface area contributed by atoms with E-state index in [4.69, 9.17) is 0 Å². The van der Waals surface area contributed by atoms with Crippen molar-refractivity contribution in [1.29, 1.82) is 0 Å². The van der Waals surface area contributed by atoms with Gasteiger partial charge in [0.15, 0.2) is 0 Å². The van der Waals surface area contributed by atoms with Crippen molar-refractivity contribution in [3.05, 3.63) is 45.0 Å². The summed E-state index contributed by atoms with van der Waals surface area (Å²) >= 11 is 0. The summed E-state index contributed by atoms with van der Waals surface area (Å²) in [4.78, 5) is 24.8. The van der Waals surface area contributed by atoms with Crippen molar-refractivity contribution in [3.8, 4) is 0 Å². The van der Waals surface area contributed by atoms with Crippen molar-refractivity contribution in [2.75, 3.05) is 6.54 Å². The molecule has 0 bridgehead atoms. The third kappa shape index (κ3) is 2.52. The van der Waals surface area contributed by atoms with Gasteiger partial charge in [0, 0.05) is 17.9 Å². The van der Waals surface area contributed by atoms with E-state index in [1.807, 2.05) is 4.90 Å². The molecule has 1 aliphatic heterocycles. The first-order chi connectivity index (χ1) is 9.99. The molecular weight excluding hydrogens is 268 g/mol. The number of hydrogen-bond donors (Lipinski definition) is 0. The van der Waals surface area contributed by atoms with Gasteiger partial charge >= 0.3 is 0 Å². The van der Waals surface area contributed by atoms with E-state index in [0.29, 0.717) is 6.42 Å². The highest BCUT2D eigenvalue weighted by molar-refractivity contribution is 5.82. The van der Waals surface area contributed by atoms with E-state index in [0.717, 1.165) is 24.9 Å². The van der Waals surface area contributed by atoms with Gasteiger partial charge in [-0.3, -0.25) is 14.9 Å². The van der Waals surface area contributed by atoms with Crippen molar-refractivity contribution in [3.63, 3.8) is 0 Å². The molecule has 2 fully saturated rings. The van der Waals surface area contributed by atoms with Gasteiger partial charge < -0.3 is 4.90 Å². The van der Waals surface area contributed by atoms with Gasteiger partial charge in [-0.05, 0) is 43.4 Å². The van der Waals surface area contributed by atoms with Gasteiger partial charge in [0.25, 0.3) is 0 Å². The highest BCUT2D eigenvalue weighted by Crippen LogP contribution is 2.40. The lowest BCUT2D eigenvalue weighted by atomic mass is 9.99. The molecule has 1 aromatic rings. The maximum atomic E-state index is 12.5. The van der Waals surface area contributed by atoms with E-state index in [1.165, 1.54) is 11.1 Å². The minimum atomic E-state index is -0.654. The van der Waals surface area contributed by atoms with Gasteiger partial charge in [-0.2, -0.15) is 0 Å². The molecule has 1 aromatic carbocycles. The second kappa shape index (κ2) is 5.13. The number of nitrogens with zero attached hydrogens (tertiary/aromatic N) is 2. The molecule has 0 unspecified atom stereocenters. The van der Waals surface area contributed by atoms with Crippen LogP contribution in [-0.4, -0.2) is 28.3 Å². The predicted octanol–water partition coefficient (Wildman–Crippen LogP) is 2.63. The molecule has 5 nitrogen and oxygen atoms in total. The largest absolute Gasteiger partial charge is 0.335 e. The maximum Gasteiger partial charge on any atom is 0.233 e. The number of carbonyl (C=O) groups is 1. The van der Waals surface area contributed by atoms with E-state index >= 15 is 0 Å². The smallest absolute Gasteiger partial charge is 0.233 e. The Labute approximate surface area is 124 Å². The number of nitro groups is 1. The van der Waals surface area contributed by atoms with Crippen molar-refractivity contribution in [1.82, 2.24) is 4.90 Å². The normalized spacial score (nSPS) is 27.7. The molecule has 1 saturated carbocycles. The topological polar surface area (TPSA) is 63.5 Å². The Bertz CT molecular complexity index is 599. The lowest BCUT2D eigenvalue weighted by Gasteiger charge is -2.25. The van der Waals surface area contributed by atoms with Crippen LogP contribution in [0.1, 0.15) is 42.0 Å². The summed E-state index contributed by atoms with van der Waals surface area (Å²) < 4.78 is 0. The summed E-state index contributed by atoms with van der Waals surface area (Å²) in [5.74, 6) is -0.426. The number of hydrogen-bond acceptors (Lipinski definition) is 3. The first kappa shape index (κ1) is 14.0. The number of rotatable bonds is 3. The molecule has 21 heavy (non-hydrogen) atoms. The molecule has 0 spiro atoms. The monoisotopic (exact) mass is 288 g/mol. The van der Waals surface area contributed by atoms with Crippen LogP contribution in [0.5, 0.6) is 0 Å². The Morgan fingerprint density at radius 3 is 2.71 bits per heavy atom. The molecule has 1 saturated heterocycles. The lowest BCUT2D eigenvalue weighted by Crippen LogP contribution is -2.33. The molecule has 2 aliphatic rings. The first-order valence-electron chi connectivity index (χ1n) is 7.50. The molecule has 3 atom stereocenters. The number of carbonyl (C=O) groups excluding carboxylic acids is 1. The molecule has 3 rings (SSSR count). The minimum absolute atomic E-state index is 0.0302. The van der Waals surface area contributed by atoms with Crippen LogP contribution in [0.4, 0.5) is 0 Å². The van der Waals surface area contributed by atoms with E-state index in [9.17, 15) is 14.9 Å². The average molecular weight is 288 g/mol. The fourth-order valence-electron chi connectivity index (χ4n) is 3.24. The third-order valence-corrected chi connectivity index (χ3v) is 4.80. The molecule has 0 aromatic heterocycles. The second-order valence-corrected chi connectivity index (χ2v) is 6.23. The highest BCUT2D eigenvalue weighted by atomic mass is 16.6. The summed E-state index contributed by atoms with van der Waals surface area (Å²) in [6.45, 7) is 4.86. The van der Waals surface area contributed by atoms with Gasteiger partial charge in [-0.25, -0.2) is 0 Å². The van der Waals surface area contributed by atoms with Crippen LogP contribution in [0.25, 0.3) is 0 Å². The molecule has 112 valence electrons. The van der Waals surface area contributed by atoms with Crippen molar-refractivity contribution in [2.45, 2.75) is 45.2 Å². The van der Waals surface area contributed by atoms with Crippen LogP contribution in [0.2, 0.25) is 0 Å². The van der Waals surface area contributed by atoms with E-state index < -0.39 is 12.0 Å². The standard InChI is InChI=1S/C16H20N2O3/c1-10-5-6-12(8-11(10)2)14-4-3-7-17(14)16(19)13-9-15(13)18(20)21/h5-6,8,13-15H,3-4,7,9H2,1-2H3/t13-,14-,15+/m0/s1. The average Bonchev–Trinajstić information content (AvgIpc) is 3.11. The fourth-order valence-corrected chi connectivity index (χ4v) is 3.24. The zero-order chi connectivity index (χ0) is 15.1. The van der Waals surface area contributed by atoms with Crippen LogP contribution in [0, 0.1) is 29.9 Å². The Morgan fingerprint density at radius 1 is 1.33 bits per heavy atom. The molecule has 1 heterocycles. The molecular formula is C16H20N2O3. The van der Waals surface area contributed by atoms with E-state index in [1.54, 1.807) is 0 Å².